The number of carbonyl (C=O) groups is 7. The first kappa shape index (κ1) is 36.5. The topological polar surface area (TPSA) is 263 Å². The fourth-order valence-electron chi connectivity index (χ4n) is 3.84. The van der Waals surface area contributed by atoms with Crippen LogP contribution in [0.1, 0.15) is 52.0 Å². The second-order valence-electron chi connectivity index (χ2n) is 10.2. The molecule has 1 rings (SSSR count). The summed E-state index contributed by atoms with van der Waals surface area (Å²) in [5.74, 6) is -8.38. The van der Waals surface area contributed by atoms with Crippen molar-refractivity contribution in [3.05, 3.63) is 35.9 Å². The Bertz CT molecular complexity index is 1160. The number of carboxylic acid groups (broad SMARTS) is 3. The zero-order valence-electron chi connectivity index (χ0n) is 24.0. The number of carbonyl (C=O) groups excluding carboxylic acids is 4. The number of nitrogens with zero attached hydrogens (tertiary/aromatic N) is 1. The molecule has 0 aliphatic carbocycles. The molecule has 43 heavy (non-hydrogen) atoms. The minimum atomic E-state index is -2.30. The predicted octanol–water partition coefficient (Wildman–Crippen LogP) is -0.332. The maximum atomic E-state index is 13.5. The Morgan fingerprint density at radius 2 is 1.51 bits per heavy atom. The maximum Gasteiger partial charge on any atom is 0.417 e. The zero-order valence-corrected chi connectivity index (χ0v) is 24.0. The molecule has 0 aliphatic rings. The van der Waals surface area contributed by atoms with Crippen LogP contribution in [0.25, 0.3) is 0 Å². The molecule has 0 spiro atoms. The molecule has 5 unspecified atom stereocenters. The second kappa shape index (κ2) is 17.4. The Balaban J connectivity index is 3.36. The highest BCUT2D eigenvalue weighted by Crippen LogP contribution is 2.15. The van der Waals surface area contributed by atoms with E-state index in [0.29, 0.717) is 5.56 Å². The Morgan fingerprint density at radius 3 is 2.00 bits per heavy atom. The van der Waals surface area contributed by atoms with Crippen molar-refractivity contribution in [1.29, 1.82) is 0 Å². The van der Waals surface area contributed by atoms with Crippen molar-refractivity contribution in [1.82, 2.24) is 15.5 Å². The molecule has 1 aromatic rings. The number of rotatable bonds is 17. The molecule has 0 aromatic heterocycles. The van der Waals surface area contributed by atoms with Gasteiger partial charge in [-0.25, -0.2) is 14.5 Å². The minimum absolute atomic E-state index is 0.00454. The highest BCUT2D eigenvalue weighted by molar-refractivity contribution is 6.02. The van der Waals surface area contributed by atoms with E-state index >= 15 is 0 Å². The molecule has 8 N–H and O–H groups in total. The Labute approximate surface area is 247 Å². The molecule has 0 saturated heterocycles. The minimum Gasteiger partial charge on any atom is -0.481 e. The van der Waals surface area contributed by atoms with Gasteiger partial charge in [0.2, 0.25) is 11.8 Å². The first-order valence-electron chi connectivity index (χ1n) is 13.3. The van der Waals surface area contributed by atoms with Gasteiger partial charge in [-0.3, -0.25) is 24.0 Å². The molecule has 16 nitrogen and oxygen atoms in total. The molecular weight excluding hydrogens is 572 g/mol. The maximum absolute atomic E-state index is 13.5. The Hall–Kier alpha value is -4.57. The largest absolute Gasteiger partial charge is 0.481 e. The third kappa shape index (κ3) is 12.5. The normalized spacial score (nSPS) is 14.4. The fourth-order valence-corrected chi connectivity index (χ4v) is 3.84. The molecular formula is C27H38N4O12. The number of ether oxygens (including phenoxy) is 1. The summed E-state index contributed by atoms with van der Waals surface area (Å²) in [5, 5.41) is 42.8. The number of amides is 4. The highest BCUT2D eigenvalue weighted by atomic mass is 16.6. The van der Waals surface area contributed by atoms with Crippen molar-refractivity contribution in [2.75, 3.05) is 0 Å². The molecule has 1 aromatic carbocycles. The van der Waals surface area contributed by atoms with Crippen LogP contribution in [0.5, 0.6) is 0 Å². The Morgan fingerprint density at radius 1 is 0.907 bits per heavy atom. The first-order chi connectivity index (χ1) is 20.0. The van der Waals surface area contributed by atoms with Crippen molar-refractivity contribution in [2.45, 2.75) is 83.3 Å². The van der Waals surface area contributed by atoms with Gasteiger partial charge in [-0.05, 0) is 31.2 Å². The number of imide groups is 1. The van der Waals surface area contributed by atoms with Crippen molar-refractivity contribution < 1.29 is 58.7 Å². The fraction of sp³-hybridized carbons (Fsp3) is 0.519. The molecule has 4 amide bonds. The molecule has 0 aliphatic heterocycles. The molecule has 238 valence electrons. The van der Waals surface area contributed by atoms with Crippen molar-refractivity contribution in [2.24, 2.45) is 11.7 Å². The SMILES string of the molecule is CC(C)CC(N)C(=O)NC(CCC(=O)O)C(=O)NC(C(=O)N(C(=O)OCc1ccccc1)C(CC(=O)O)C(=O)O)C(C)O. The van der Waals surface area contributed by atoms with E-state index in [2.05, 4.69) is 10.6 Å². The van der Waals surface area contributed by atoms with E-state index in [1.54, 1.807) is 44.2 Å². The Kier molecular flexibility index (Phi) is 14.8. The van der Waals surface area contributed by atoms with E-state index in [0.717, 1.165) is 6.92 Å². The van der Waals surface area contributed by atoms with Gasteiger partial charge in [0.1, 0.15) is 18.7 Å². The van der Waals surface area contributed by atoms with Crippen LogP contribution < -0.4 is 16.4 Å². The van der Waals surface area contributed by atoms with Crippen LogP contribution in [0.3, 0.4) is 0 Å². The van der Waals surface area contributed by atoms with E-state index in [9.17, 15) is 48.9 Å². The predicted molar refractivity (Wildman–Crippen MR) is 147 cm³/mol. The zero-order chi connectivity index (χ0) is 32.9. The lowest BCUT2D eigenvalue weighted by Gasteiger charge is -2.31. The molecule has 16 heteroatoms. The summed E-state index contributed by atoms with van der Waals surface area (Å²) >= 11 is 0. The quantitative estimate of drug-likeness (QED) is 0.119. The number of nitrogens with one attached hydrogen (secondary N) is 2. The number of hydrogen-bond donors (Lipinski definition) is 7. The summed E-state index contributed by atoms with van der Waals surface area (Å²) in [6, 6.07) is 1.04. The standard InChI is InChI=1S/C27H38N4O12/c1-14(2)11-17(28)23(37)29-18(9-10-20(33)34)24(38)30-22(15(3)32)25(39)31(19(26(40)41)12-21(35)36)27(42)43-13-16-7-5-4-6-8-16/h4-8,14-15,17-19,22,32H,9-13,28H2,1-3H3,(H,29,37)(H,30,38)(H,33,34)(H,35,36)(H,40,41). The van der Waals surface area contributed by atoms with Crippen molar-refractivity contribution in [3.63, 3.8) is 0 Å². The lowest BCUT2D eigenvalue weighted by Crippen LogP contribution is -2.62. The van der Waals surface area contributed by atoms with Gasteiger partial charge >= 0.3 is 24.0 Å². The molecule has 5 atom stereocenters. The van der Waals surface area contributed by atoms with Gasteiger partial charge in [0.15, 0.2) is 6.04 Å². The summed E-state index contributed by atoms with van der Waals surface area (Å²) in [4.78, 5) is 86.8. The number of nitrogens with two attached hydrogens (primary N) is 1. The van der Waals surface area contributed by atoms with Gasteiger partial charge in [0.05, 0.1) is 18.6 Å². The van der Waals surface area contributed by atoms with E-state index < -0.39 is 97.9 Å². The average molecular weight is 611 g/mol. The smallest absolute Gasteiger partial charge is 0.417 e. The monoisotopic (exact) mass is 610 g/mol. The van der Waals surface area contributed by atoms with E-state index in [4.69, 9.17) is 15.6 Å². The molecule has 0 heterocycles. The summed E-state index contributed by atoms with van der Waals surface area (Å²) in [6.07, 6.45) is -5.43. The van der Waals surface area contributed by atoms with Crippen molar-refractivity contribution >= 4 is 41.7 Å². The van der Waals surface area contributed by atoms with Gasteiger partial charge in [-0.15, -0.1) is 0 Å². The third-order valence-corrected chi connectivity index (χ3v) is 5.99. The average Bonchev–Trinajstić information content (AvgIpc) is 2.91. The van der Waals surface area contributed by atoms with Crippen LogP contribution in [0.15, 0.2) is 30.3 Å². The number of hydrogen-bond acceptors (Lipinski definition) is 10. The molecule has 0 fully saturated rings. The van der Waals surface area contributed by atoms with Crippen LogP contribution in [-0.4, -0.2) is 97.3 Å². The van der Waals surface area contributed by atoms with Crippen LogP contribution in [0.2, 0.25) is 0 Å². The van der Waals surface area contributed by atoms with Crippen LogP contribution in [0.4, 0.5) is 4.79 Å². The lowest BCUT2D eigenvalue weighted by molar-refractivity contribution is -0.155. The van der Waals surface area contributed by atoms with Crippen LogP contribution >= 0.6 is 0 Å². The van der Waals surface area contributed by atoms with Crippen LogP contribution in [0, 0.1) is 5.92 Å². The van der Waals surface area contributed by atoms with Gasteiger partial charge in [-0.2, -0.15) is 0 Å². The third-order valence-electron chi connectivity index (χ3n) is 5.99. The van der Waals surface area contributed by atoms with Gasteiger partial charge in [0, 0.05) is 6.42 Å². The van der Waals surface area contributed by atoms with Gasteiger partial charge < -0.3 is 41.5 Å². The summed E-state index contributed by atoms with van der Waals surface area (Å²) in [5.41, 5.74) is 6.30. The molecule has 0 saturated carbocycles. The lowest BCUT2D eigenvalue weighted by atomic mass is 10.0. The molecule has 0 radical (unpaired) electrons. The number of benzene rings is 1. The van der Waals surface area contributed by atoms with Gasteiger partial charge in [0.25, 0.3) is 5.91 Å². The number of aliphatic hydroxyl groups excluding tert-OH is 1. The van der Waals surface area contributed by atoms with Crippen molar-refractivity contribution in [3.8, 4) is 0 Å². The van der Waals surface area contributed by atoms with Crippen LogP contribution in [-0.2, 0) is 40.1 Å². The second-order valence-corrected chi connectivity index (χ2v) is 10.2. The first-order valence-corrected chi connectivity index (χ1v) is 13.3. The summed E-state index contributed by atoms with van der Waals surface area (Å²) in [7, 11) is 0. The van der Waals surface area contributed by atoms with E-state index in [1.165, 1.54) is 0 Å². The van der Waals surface area contributed by atoms with Gasteiger partial charge in [-0.1, -0.05) is 44.2 Å². The molecule has 0 bridgehead atoms. The highest BCUT2D eigenvalue weighted by Gasteiger charge is 2.43. The van der Waals surface area contributed by atoms with E-state index in [1.807, 2.05) is 0 Å². The summed E-state index contributed by atoms with van der Waals surface area (Å²) in [6.45, 7) is 4.18. The number of aliphatic hydroxyl groups is 1. The number of carboxylic acids is 3. The number of aliphatic carboxylic acids is 3. The van der Waals surface area contributed by atoms with E-state index in [-0.39, 0.29) is 17.2 Å². The summed E-state index contributed by atoms with van der Waals surface area (Å²) < 4.78 is 5.06.